The van der Waals surface area contributed by atoms with E-state index in [1.807, 2.05) is 6.92 Å². The fraction of sp³-hybridized carbons (Fsp3) is 1.00. The van der Waals surface area contributed by atoms with Crippen LogP contribution in [0.3, 0.4) is 0 Å². The summed E-state index contributed by atoms with van der Waals surface area (Å²) in [5.74, 6) is -0.389. The van der Waals surface area contributed by atoms with Gasteiger partial charge in [-0.2, -0.15) is 0 Å². The van der Waals surface area contributed by atoms with Crippen molar-refractivity contribution in [3.63, 3.8) is 0 Å². The summed E-state index contributed by atoms with van der Waals surface area (Å²) in [7, 11) is 0. The molecule has 18 heavy (non-hydrogen) atoms. The molecule has 3 rings (SSSR count). The Hall–Kier alpha value is -0.160. The van der Waals surface area contributed by atoms with E-state index < -0.39 is 5.60 Å². The smallest absolute Gasteiger partial charge is 0.181 e. The number of aliphatic hydroxyl groups is 1. The van der Waals surface area contributed by atoms with Crippen LogP contribution < -0.4 is 0 Å². The minimum Gasteiger partial charge on any atom is -0.388 e. The lowest BCUT2D eigenvalue weighted by molar-refractivity contribution is -0.212. The van der Waals surface area contributed by atoms with Crippen LogP contribution in [0.25, 0.3) is 0 Å². The van der Waals surface area contributed by atoms with E-state index in [1.165, 1.54) is 0 Å². The van der Waals surface area contributed by atoms with Gasteiger partial charge < -0.3 is 14.6 Å². The first kappa shape index (κ1) is 12.9. The minimum absolute atomic E-state index is 0.129. The highest BCUT2D eigenvalue weighted by Crippen LogP contribution is 2.45. The highest BCUT2D eigenvalue weighted by molar-refractivity contribution is 5.08. The van der Waals surface area contributed by atoms with Crippen molar-refractivity contribution in [1.82, 2.24) is 4.90 Å². The Morgan fingerprint density at radius 1 is 1.00 bits per heavy atom. The summed E-state index contributed by atoms with van der Waals surface area (Å²) in [5, 5.41) is 10.7. The van der Waals surface area contributed by atoms with E-state index in [0.29, 0.717) is 13.2 Å². The van der Waals surface area contributed by atoms with Crippen molar-refractivity contribution in [2.75, 3.05) is 26.3 Å². The summed E-state index contributed by atoms with van der Waals surface area (Å²) in [5.41, 5.74) is -0.722. The Morgan fingerprint density at radius 2 is 1.72 bits per heavy atom. The number of hydrogen-bond acceptors (Lipinski definition) is 4. The van der Waals surface area contributed by atoms with Crippen molar-refractivity contribution >= 4 is 0 Å². The molecule has 1 spiro atoms. The van der Waals surface area contributed by atoms with E-state index >= 15 is 0 Å². The van der Waals surface area contributed by atoms with Gasteiger partial charge in [-0.05, 0) is 46.1 Å². The quantitative estimate of drug-likeness (QED) is 0.771. The topological polar surface area (TPSA) is 41.9 Å². The summed E-state index contributed by atoms with van der Waals surface area (Å²) in [6.45, 7) is 7.45. The number of piperidine rings is 1. The first-order chi connectivity index (χ1) is 8.48. The van der Waals surface area contributed by atoms with E-state index in [-0.39, 0.29) is 11.3 Å². The molecule has 0 aromatic rings. The Labute approximate surface area is 109 Å². The van der Waals surface area contributed by atoms with Crippen molar-refractivity contribution in [1.29, 1.82) is 0 Å². The maximum absolute atomic E-state index is 10.7. The van der Waals surface area contributed by atoms with Gasteiger partial charge in [-0.15, -0.1) is 0 Å². The van der Waals surface area contributed by atoms with Gasteiger partial charge in [0, 0.05) is 12.0 Å². The molecular weight excluding hydrogens is 230 g/mol. The molecule has 2 atom stereocenters. The minimum atomic E-state index is -0.593. The molecule has 0 aromatic carbocycles. The summed E-state index contributed by atoms with van der Waals surface area (Å²) >= 11 is 0. The molecule has 2 unspecified atom stereocenters. The molecule has 0 amide bonds. The van der Waals surface area contributed by atoms with Crippen molar-refractivity contribution < 1.29 is 14.6 Å². The van der Waals surface area contributed by atoms with Crippen LogP contribution in [0.4, 0.5) is 0 Å². The normalized spacial score (nSPS) is 44.8. The van der Waals surface area contributed by atoms with Gasteiger partial charge in [-0.1, -0.05) is 0 Å². The van der Waals surface area contributed by atoms with E-state index in [4.69, 9.17) is 9.47 Å². The molecule has 1 N–H and O–H groups in total. The van der Waals surface area contributed by atoms with Crippen LogP contribution in [0.5, 0.6) is 0 Å². The molecule has 2 heterocycles. The molecule has 4 nitrogen and oxygen atoms in total. The van der Waals surface area contributed by atoms with E-state index in [1.54, 1.807) is 0 Å². The van der Waals surface area contributed by atoms with Crippen LogP contribution in [0.1, 0.15) is 46.0 Å². The SMILES string of the molecule is CC1(O)CCCC1(C)N1CCCC2(C1)OCCO2. The highest BCUT2D eigenvalue weighted by atomic mass is 16.7. The Morgan fingerprint density at radius 3 is 2.33 bits per heavy atom. The zero-order valence-electron chi connectivity index (χ0n) is 11.6. The Bertz CT molecular complexity index is 325. The van der Waals surface area contributed by atoms with Crippen molar-refractivity contribution in [2.24, 2.45) is 0 Å². The van der Waals surface area contributed by atoms with Crippen molar-refractivity contribution in [2.45, 2.75) is 62.9 Å². The number of rotatable bonds is 1. The molecule has 104 valence electrons. The van der Waals surface area contributed by atoms with Crippen molar-refractivity contribution in [3.05, 3.63) is 0 Å². The number of likely N-dealkylation sites (tertiary alicyclic amines) is 1. The Kier molecular flexibility index (Phi) is 2.98. The van der Waals surface area contributed by atoms with Gasteiger partial charge in [0.25, 0.3) is 0 Å². The molecule has 0 radical (unpaired) electrons. The highest BCUT2D eigenvalue weighted by Gasteiger charge is 2.54. The first-order valence-corrected chi connectivity index (χ1v) is 7.23. The Balaban J connectivity index is 1.80. The lowest BCUT2D eigenvalue weighted by Crippen LogP contribution is -2.63. The monoisotopic (exact) mass is 255 g/mol. The summed E-state index contributed by atoms with van der Waals surface area (Å²) in [4.78, 5) is 2.41. The van der Waals surface area contributed by atoms with Crippen LogP contribution >= 0.6 is 0 Å². The molecule has 2 aliphatic heterocycles. The number of hydrogen-bond donors (Lipinski definition) is 1. The second-order valence-electron chi connectivity index (χ2n) is 6.53. The summed E-state index contributed by atoms with van der Waals surface area (Å²) in [6.07, 6.45) is 5.15. The van der Waals surface area contributed by atoms with E-state index in [2.05, 4.69) is 11.8 Å². The van der Waals surface area contributed by atoms with Gasteiger partial charge in [0.05, 0.1) is 25.4 Å². The maximum atomic E-state index is 10.7. The molecular formula is C14H25NO3. The summed E-state index contributed by atoms with van der Waals surface area (Å²) in [6, 6.07) is 0. The van der Waals surface area contributed by atoms with Gasteiger partial charge in [-0.25, -0.2) is 0 Å². The fourth-order valence-electron chi connectivity index (χ4n) is 3.96. The van der Waals surface area contributed by atoms with Crippen LogP contribution in [0.2, 0.25) is 0 Å². The first-order valence-electron chi connectivity index (χ1n) is 7.23. The van der Waals surface area contributed by atoms with Gasteiger partial charge in [0.15, 0.2) is 5.79 Å². The largest absolute Gasteiger partial charge is 0.388 e. The molecule has 2 saturated heterocycles. The van der Waals surface area contributed by atoms with E-state index in [9.17, 15) is 5.11 Å². The standard InChI is InChI=1S/C14H25NO3/c1-12(5-3-6-13(12,2)16)15-8-4-7-14(11-15)17-9-10-18-14/h16H,3-11H2,1-2H3. The lowest BCUT2D eigenvalue weighted by atomic mass is 9.82. The second kappa shape index (κ2) is 4.17. The average Bonchev–Trinajstić information content (AvgIpc) is 2.86. The van der Waals surface area contributed by atoms with Gasteiger partial charge in [0.2, 0.25) is 0 Å². The van der Waals surface area contributed by atoms with Crippen LogP contribution in [0.15, 0.2) is 0 Å². The third-order valence-electron chi connectivity index (χ3n) is 5.42. The predicted molar refractivity (Wildman–Crippen MR) is 68.3 cm³/mol. The van der Waals surface area contributed by atoms with Crippen LogP contribution in [0, 0.1) is 0 Å². The zero-order valence-corrected chi connectivity index (χ0v) is 11.6. The van der Waals surface area contributed by atoms with Crippen LogP contribution in [-0.4, -0.2) is 53.2 Å². The molecule has 3 fully saturated rings. The fourth-order valence-corrected chi connectivity index (χ4v) is 3.96. The van der Waals surface area contributed by atoms with E-state index in [0.717, 1.165) is 45.2 Å². The average molecular weight is 255 g/mol. The third-order valence-corrected chi connectivity index (χ3v) is 5.42. The molecule has 0 bridgehead atoms. The van der Waals surface area contributed by atoms with Gasteiger partial charge in [0.1, 0.15) is 0 Å². The molecule has 4 heteroatoms. The zero-order chi connectivity index (χ0) is 12.9. The van der Waals surface area contributed by atoms with Gasteiger partial charge in [-0.3, -0.25) is 4.90 Å². The van der Waals surface area contributed by atoms with Crippen molar-refractivity contribution in [3.8, 4) is 0 Å². The second-order valence-corrected chi connectivity index (χ2v) is 6.53. The third kappa shape index (κ3) is 1.82. The van der Waals surface area contributed by atoms with Gasteiger partial charge >= 0.3 is 0 Å². The number of ether oxygens (including phenoxy) is 2. The molecule has 1 saturated carbocycles. The summed E-state index contributed by atoms with van der Waals surface area (Å²) < 4.78 is 11.7. The number of nitrogens with zero attached hydrogens (tertiary/aromatic N) is 1. The van der Waals surface area contributed by atoms with Crippen LogP contribution in [-0.2, 0) is 9.47 Å². The molecule has 1 aliphatic carbocycles. The molecule has 3 aliphatic rings. The predicted octanol–water partition coefficient (Wildman–Crippen LogP) is 1.52. The molecule has 0 aromatic heterocycles. The lowest BCUT2D eigenvalue weighted by Gasteiger charge is -2.51. The maximum Gasteiger partial charge on any atom is 0.181 e.